The topological polar surface area (TPSA) is 83.5 Å². The number of hydrogen-bond donors (Lipinski definition) is 2. The number of nitrogens with zero attached hydrogens (tertiary/aromatic N) is 2. The third-order valence-electron chi connectivity index (χ3n) is 3.58. The molecule has 2 N–H and O–H groups in total. The highest BCUT2D eigenvalue weighted by atomic mass is 16.2. The van der Waals surface area contributed by atoms with Crippen LogP contribution in [0.4, 0.5) is 0 Å². The summed E-state index contributed by atoms with van der Waals surface area (Å²) in [7, 11) is 0. The van der Waals surface area contributed by atoms with Crippen LogP contribution in [0.3, 0.4) is 0 Å². The molecule has 0 saturated heterocycles. The molecule has 124 valence electrons. The Balaban J connectivity index is 1.57. The Morgan fingerprint density at radius 2 is 1.84 bits per heavy atom. The predicted molar refractivity (Wildman–Crippen MR) is 95.8 cm³/mol. The summed E-state index contributed by atoms with van der Waals surface area (Å²) >= 11 is 0. The van der Waals surface area contributed by atoms with Gasteiger partial charge in [0.25, 0.3) is 0 Å². The SMILES string of the molecule is O=C(NCc1cccnc1)C(=O)NN=Cc1cccc2ccccc12. The molecule has 1 heterocycles. The number of amides is 2. The van der Waals surface area contributed by atoms with Gasteiger partial charge in [-0.3, -0.25) is 14.6 Å². The number of hydrazone groups is 1. The van der Waals surface area contributed by atoms with Gasteiger partial charge in [0, 0.05) is 24.5 Å². The molecule has 0 fully saturated rings. The van der Waals surface area contributed by atoms with Gasteiger partial charge in [-0.2, -0.15) is 5.10 Å². The van der Waals surface area contributed by atoms with Gasteiger partial charge >= 0.3 is 11.8 Å². The fourth-order valence-electron chi connectivity index (χ4n) is 2.34. The van der Waals surface area contributed by atoms with Gasteiger partial charge in [0.15, 0.2) is 0 Å². The van der Waals surface area contributed by atoms with Crippen molar-refractivity contribution in [1.82, 2.24) is 15.7 Å². The molecule has 1 aromatic heterocycles. The Bertz CT molecular complexity index is 918. The molecule has 2 amide bonds. The van der Waals surface area contributed by atoms with Gasteiger partial charge < -0.3 is 5.32 Å². The number of pyridine rings is 1. The maximum Gasteiger partial charge on any atom is 0.329 e. The van der Waals surface area contributed by atoms with Crippen LogP contribution in [0.2, 0.25) is 0 Å². The Labute approximate surface area is 144 Å². The van der Waals surface area contributed by atoms with Crippen LogP contribution < -0.4 is 10.7 Å². The zero-order valence-electron chi connectivity index (χ0n) is 13.3. The van der Waals surface area contributed by atoms with Gasteiger partial charge in [-0.1, -0.05) is 48.5 Å². The predicted octanol–water partition coefficient (Wildman–Crippen LogP) is 2.00. The number of nitrogens with one attached hydrogen (secondary N) is 2. The van der Waals surface area contributed by atoms with Gasteiger partial charge in [-0.05, 0) is 22.4 Å². The van der Waals surface area contributed by atoms with Crippen LogP contribution >= 0.6 is 0 Å². The van der Waals surface area contributed by atoms with Crippen LogP contribution in [0.5, 0.6) is 0 Å². The molecule has 6 heteroatoms. The molecule has 3 aromatic rings. The summed E-state index contributed by atoms with van der Waals surface area (Å²) in [6.07, 6.45) is 4.78. The number of carbonyl (C=O) groups excluding carboxylic acids is 2. The van der Waals surface area contributed by atoms with E-state index in [0.29, 0.717) is 0 Å². The summed E-state index contributed by atoms with van der Waals surface area (Å²) < 4.78 is 0. The second kappa shape index (κ2) is 7.83. The lowest BCUT2D eigenvalue weighted by atomic mass is 10.1. The van der Waals surface area contributed by atoms with Gasteiger partial charge in [0.2, 0.25) is 0 Å². The second-order valence-electron chi connectivity index (χ2n) is 5.31. The second-order valence-corrected chi connectivity index (χ2v) is 5.31. The normalized spacial score (nSPS) is 10.7. The molecule has 0 saturated carbocycles. The zero-order chi connectivity index (χ0) is 17.5. The summed E-state index contributed by atoms with van der Waals surface area (Å²) in [5.74, 6) is -1.57. The van der Waals surface area contributed by atoms with Gasteiger partial charge in [-0.15, -0.1) is 0 Å². The number of carbonyl (C=O) groups is 2. The van der Waals surface area contributed by atoms with Crippen molar-refractivity contribution in [2.24, 2.45) is 5.10 Å². The molecular formula is C19H16N4O2. The largest absolute Gasteiger partial charge is 0.344 e. The van der Waals surface area contributed by atoms with Crippen molar-refractivity contribution >= 4 is 28.8 Å². The van der Waals surface area contributed by atoms with E-state index in [2.05, 4.69) is 20.8 Å². The van der Waals surface area contributed by atoms with Crippen molar-refractivity contribution in [2.75, 3.05) is 0 Å². The Hall–Kier alpha value is -3.54. The highest BCUT2D eigenvalue weighted by molar-refractivity contribution is 6.35. The Morgan fingerprint density at radius 3 is 2.68 bits per heavy atom. The minimum Gasteiger partial charge on any atom is -0.344 e. The van der Waals surface area contributed by atoms with Crippen LogP contribution in [0.15, 0.2) is 72.1 Å². The first kappa shape index (κ1) is 16.3. The van der Waals surface area contributed by atoms with Gasteiger partial charge in [0.05, 0.1) is 6.21 Å². The summed E-state index contributed by atoms with van der Waals surface area (Å²) in [5, 5.41) is 8.48. The molecule has 2 aromatic carbocycles. The molecule has 0 aliphatic carbocycles. The van der Waals surface area contributed by atoms with Crippen molar-refractivity contribution in [1.29, 1.82) is 0 Å². The molecule has 25 heavy (non-hydrogen) atoms. The summed E-state index contributed by atoms with van der Waals surface area (Å²) in [4.78, 5) is 27.5. The molecule has 0 aliphatic heterocycles. The first-order valence-electron chi connectivity index (χ1n) is 7.72. The average Bonchev–Trinajstić information content (AvgIpc) is 2.67. The summed E-state index contributed by atoms with van der Waals surface area (Å²) in [6.45, 7) is 0.229. The van der Waals surface area contributed by atoms with E-state index in [9.17, 15) is 9.59 Å². The molecule has 0 bridgehead atoms. The highest BCUT2D eigenvalue weighted by Crippen LogP contribution is 2.16. The van der Waals surface area contributed by atoms with E-state index in [4.69, 9.17) is 0 Å². The third kappa shape index (κ3) is 4.26. The summed E-state index contributed by atoms with van der Waals surface area (Å²) in [5.41, 5.74) is 3.90. The van der Waals surface area contributed by atoms with Gasteiger partial charge in [-0.25, -0.2) is 5.43 Å². The smallest absolute Gasteiger partial charge is 0.329 e. The number of rotatable bonds is 4. The van der Waals surface area contributed by atoms with Crippen molar-refractivity contribution < 1.29 is 9.59 Å². The fourth-order valence-corrected chi connectivity index (χ4v) is 2.34. The lowest BCUT2D eigenvalue weighted by Gasteiger charge is -2.04. The fraction of sp³-hybridized carbons (Fsp3) is 0.0526. The van der Waals surface area contributed by atoms with E-state index in [1.165, 1.54) is 6.21 Å². The lowest BCUT2D eigenvalue weighted by molar-refractivity contribution is -0.139. The molecule has 0 aliphatic rings. The first-order chi connectivity index (χ1) is 12.2. The van der Waals surface area contributed by atoms with Crippen LogP contribution in [-0.2, 0) is 16.1 Å². The van der Waals surface area contributed by atoms with Crippen LogP contribution in [0.25, 0.3) is 10.8 Å². The quantitative estimate of drug-likeness (QED) is 0.435. The Morgan fingerprint density at radius 1 is 1.00 bits per heavy atom. The maximum atomic E-state index is 11.8. The van der Waals surface area contributed by atoms with E-state index < -0.39 is 11.8 Å². The van der Waals surface area contributed by atoms with Crippen molar-refractivity contribution in [3.8, 4) is 0 Å². The molecular weight excluding hydrogens is 316 g/mol. The van der Waals surface area contributed by atoms with E-state index in [1.807, 2.05) is 48.5 Å². The highest BCUT2D eigenvalue weighted by Gasteiger charge is 2.11. The molecule has 6 nitrogen and oxygen atoms in total. The van der Waals surface area contributed by atoms with E-state index in [0.717, 1.165) is 21.9 Å². The third-order valence-corrected chi connectivity index (χ3v) is 3.58. The van der Waals surface area contributed by atoms with Crippen LogP contribution in [0, 0.1) is 0 Å². The van der Waals surface area contributed by atoms with Crippen molar-refractivity contribution in [3.05, 3.63) is 78.1 Å². The van der Waals surface area contributed by atoms with Crippen LogP contribution in [-0.4, -0.2) is 23.0 Å². The number of fused-ring (bicyclic) bond motifs is 1. The van der Waals surface area contributed by atoms with Crippen molar-refractivity contribution in [2.45, 2.75) is 6.54 Å². The zero-order valence-corrected chi connectivity index (χ0v) is 13.3. The number of benzene rings is 2. The average molecular weight is 332 g/mol. The van der Waals surface area contributed by atoms with Gasteiger partial charge in [0.1, 0.15) is 0 Å². The first-order valence-corrected chi connectivity index (χ1v) is 7.72. The van der Waals surface area contributed by atoms with Crippen molar-refractivity contribution in [3.63, 3.8) is 0 Å². The standard InChI is InChI=1S/C19H16N4O2/c24-18(21-12-14-5-4-10-20-11-14)19(25)23-22-13-16-8-3-7-15-6-1-2-9-17(15)16/h1-11,13H,12H2,(H,21,24)(H,23,25). The molecule has 0 spiro atoms. The number of hydrogen-bond acceptors (Lipinski definition) is 4. The minimum absolute atomic E-state index is 0.229. The minimum atomic E-state index is -0.819. The van der Waals surface area contributed by atoms with E-state index in [1.54, 1.807) is 18.5 Å². The maximum absolute atomic E-state index is 11.8. The number of aromatic nitrogens is 1. The molecule has 0 atom stereocenters. The monoisotopic (exact) mass is 332 g/mol. The molecule has 0 radical (unpaired) electrons. The summed E-state index contributed by atoms with van der Waals surface area (Å²) in [6, 6.07) is 17.2. The van der Waals surface area contributed by atoms with Crippen LogP contribution in [0.1, 0.15) is 11.1 Å². The molecule has 0 unspecified atom stereocenters. The van der Waals surface area contributed by atoms with E-state index in [-0.39, 0.29) is 6.54 Å². The lowest BCUT2D eigenvalue weighted by Crippen LogP contribution is -2.37. The Kier molecular flexibility index (Phi) is 5.11. The van der Waals surface area contributed by atoms with E-state index >= 15 is 0 Å². The molecule has 3 rings (SSSR count).